The fourth-order valence-corrected chi connectivity index (χ4v) is 2.10. The second kappa shape index (κ2) is 5.67. The molecule has 116 valence electrons. The molecule has 0 amide bonds. The molecule has 1 aromatic rings. The Morgan fingerprint density at radius 2 is 2.09 bits per heavy atom. The lowest BCUT2D eigenvalue weighted by Gasteiger charge is -2.14. The van der Waals surface area contributed by atoms with Crippen molar-refractivity contribution in [3.05, 3.63) is 33.9 Å². The SMILES string of the molecule is COC(=O)c1cc([N+](=O)[O-])ccc1[N+]1=CCC(C(C)(C)C)=N1. The zero-order valence-electron chi connectivity index (χ0n) is 13.0. The molecule has 0 fully saturated rings. The first kappa shape index (κ1) is 15.8. The zero-order chi connectivity index (χ0) is 16.5. The zero-order valence-corrected chi connectivity index (χ0v) is 13.0. The Morgan fingerprint density at radius 1 is 1.41 bits per heavy atom. The van der Waals surface area contributed by atoms with Gasteiger partial charge in [0.2, 0.25) is 0 Å². The van der Waals surface area contributed by atoms with Gasteiger partial charge in [-0.2, -0.15) is 0 Å². The number of hydrogen-bond acceptors (Lipinski definition) is 5. The van der Waals surface area contributed by atoms with E-state index in [2.05, 4.69) is 25.9 Å². The number of esters is 1. The molecule has 0 unspecified atom stereocenters. The third-order valence-electron chi connectivity index (χ3n) is 3.39. The van der Waals surface area contributed by atoms with E-state index < -0.39 is 10.9 Å². The van der Waals surface area contributed by atoms with Crippen LogP contribution in [0, 0.1) is 15.5 Å². The number of non-ortho nitro benzene ring substituents is 1. The van der Waals surface area contributed by atoms with Crippen LogP contribution in [0.25, 0.3) is 0 Å². The Labute approximate surface area is 128 Å². The molecule has 0 bridgehead atoms. The van der Waals surface area contributed by atoms with Gasteiger partial charge >= 0.3 is 5.97 Å². The highest BCUT2D eigenvalue weighted by Crippen LogP contribution is 2.29. The first-order chi connectivity index (χ1) is 10.2. The van der Waals surface area contributed by atoms with E-state index in [1.54, 1.807) is 4.68 Å². The molecule has 0 N–H and O–H groups in total. The number of methoxy groups -OCH3 is 1. The van der Waals surface area contributed by atoms with Crippen molar-refractivity contribution in [2.45, 2.75) is 27.2 Å². The van der Waals surface area contributed by atoms with E-state index >= 15 is 0 Å². The standard InChI is InChI=1S/C15H18N3O4/c1-15(2,3)13-7-8-17(16-13)12-6-5-10(18(20)21)9-11(12)14(19)22-4/h5-6,8-9H,7H2,1-4H3/q+1. The lowest BCUT2D eigenvalue weighted by atomic mass is 9.89. The average Bonchev–Trinajstić information content (AvgIpc) is 2.95. The molecular formula is C15H18N3O4+. The van der Waals surface area contributed by atoms with Crippen LogP contribution in [0.1, 0.15) is 37.6 Å². The highest BCUT2D eigenvalue weighted by Gasteiger charge is 2.31. The first-order valence-electron chi connectivity index (χ1n) is 6.81. The molecule has 7 heteroatoms. The highest BCUT2D eigenvalue weighted by atomic mass is 16.6. The summed E-state index contributed by atoms with van der Waals surface area (Å²) < 4.78 is 6.29. The van der Waals surface area contributed by atoms with Gasteiger partial charge in [0.25, 0.3) is 11.4 Å². The third kappa shape index (κ3) is 3.03. The number of nitro benzene ring substituents is 1. The van der Waals surface area contributed by atoms with Gasteiger partial charge in [-0.15, -0.1) is 0 Å². The lowest BCUT2D eigenvalue weighted by Crippen LogP contribution is -2.18. The third-order valence-corrected chi connectivity index (χ3v) is 3.39. The van der Waals surface area contributed by atoms with Gasteiger partial charge in [0.15, 0.2) is 6.21 Å². The predicted octanol–water partition coefficient (Wildman–Crippen LogP) is 2.90. The molecule has 0 saturated heterocycles. The van der Waals surface area contributed by atoms with Crippen molar-refractivity contribution in [3.8, 4) is 0 Å². The van der Waals surface area contributed by atoms with Crippen LogP contribution in [0.3, 0.4) is 0 Å². The molecule has 22 heavy (non-hydrogen) atoms. The molecule has 2 rings (SSSR count). The van der Waals surface area contributed by atoms with Crippen LogP contribution in [0.2, 0.25) is 0 Å². The summed E-state index contributed by atoms with van der Waals surface area (Å²) in [5.74, 6) is -0.633. The maximum Gasteiger partial charge on any atom is 0.345 e. The fourth-order valence-electron chi connectivity index (χ4n) is 2.10. The van der Waals surface area contributed by atoms with Crippen LogP contribution in [-0.4, -0.2) is 34.6 Å². The van der Waals surface area contributed by atoms with Crippen molar-refractivity contribution < 1.29 is 19.1 Å². The Morgan fingerprint density at radius 3 is 2.59 bits per heavy atom. The summed E-state index contributed by atoms with van der Waals surface area (Å²) >= 11 is 0. The summed E-state index contributed by atoms with van der Waals surface area (Å²) in [4.78, 5) is 22.2. The topological polar surface area (TPSA) is 84.8 Å². The number of rotatable bonds is 3. The number of benzene rings is 1. The van der Waals surface area contributed by atoms with E-state index in [-0.39, 0.29) is 16.7 Å². The Balaban J connectivity index is 2.50. The van der Waals surface area contributed by atoms with Gasteiger partial charge in [0.05, 0.1) is 18.5 Å². The summed E-state index contributed by atoms with van der Waals surface area (Å²) in [6, 6.07) is 4.07. The van der Waals surface area contributed by atoms with Crippen LogP contribution in [-0.2, 0) is 4.74 Å². The van der Waals surface area contributed by atoms with Gasteiger partial charge < -0.3 is 4.74 Å². The molecular weight excluding hydrogens is 286 g/mol. The number of hydrogen-bond donors (Lipinski definition) is 0. The summed E-state index contributed by atoms with van der Waals surface area (Å²) in [7, 11) is 1.24. The van der Waals surface area contributed by atoms with E-state index in [0.717, 1.165) is 5.71 Å². The van der Waals surface area contributed by atoms with Crippen LogP contribution < -0.4 is 0 Å². The molecule has 0 saturated carbocycles. The van der Waals surface area contributed by atoms with Gasteiger partial charge in [-0.05, 0) is 5.10 Å². The molecule has 0 atom stereocenters. The monoisotopic (exact) mass is 304 g/mol. The van der Waals surface area contributed by atoms with Crippen molar-refractivity contribution in [2.75, 3.05) is 7.11 Å². The molecule has 1 aliphatic rings. The Bertz CT molecular complexity index is 699. The minimum absolute atomic E-state index is 0.0859. The molecule has 1 aromatic carbocycles. The van der Waals surface area contributed by atoms with Crippen LogP contribution in [0.5, 0.6) is 0 Å². The van der Waals surface area contributed by atoms with Gasteiger partial charge in [-0.1, -0.05) is 25.5 Å². The van der Waals surface area contributed by atoms with Crippen molar-refractivity contribution >= 4 is 29.3 Å². The second-order valence-electron chi connectivity index (χ2n) is 5.98. The van der Waals surface area contributed by atoms with E-state index in [9.17, 15) is 14.9 Å². The number of carbonyl (C=O) groups excluding carboxylic acids is 1. The highest BCUT2D eigenvalue weighted by molar-refractivity contribution is 6.00. The molecule has 0 spiro atoms. The predicted molar refractivity (Wildman–Crippen MR) is 81.9 cm³/mol. The fraction of sp³-hybridized carbons (Fsp3) is 0.400. The van der Waals surface area contributed by atoms with E-state index in [1.807, 2.05) is 6.21 Å². The van der Waals surface area contributed by atoms with Gasteiger partial charge in [-0.25, -0.2) is 4.79 Å². The van der Waals surface area contributed by atoms with Crippen LogP contribution in [0.4, 0.5) is 11.4 Å². The van der Waals surface area contributed by atoms with Crippen molar-refractivity contribution in [3.63, 3.8) is 0 Å². The lowest BCUT2D eigenvalue weighted by molar-refractivity contribution is -0.438. The van der Waals surface area contributed by atoms with Gasteiger partial charge in [-0.3, -0.25) is 10.1 Å². The molecule has 0 radical (unpaired) electrons. The largest absolute Gasteiger partial charge is 0.465 e. The molecule has 0 aromatic heterocycles. The number of nitrogens with zero attached hydrogens (tertiary/aromatic N) is 3. The number of ether oxygens (including phenoxy) is 1. The number of nitro groups is 1. The average molecular weight is 304 g/mol. The quantitative estimate of drug-likeness (QED) is 0.372. The van der Waals surface area contributed by atoms with E-state index in [1.165, 1.54) is 25.3 Å². The summed E-state index contributed by atoms with van der Waals surface area (Å²) in [6.45, 7) is 6.17. The molecule has 7 nitrogen and oxygen atoms in total. The number of hydrazone groups is 1. The smallest absolute Gasteiger partial charge is 0.345 e. The normalized spacial score (nSPS) is 14.4. The van der Waals surface area contributed by atoms with Crippen LogP contribution in [0.15, 0.2) is 23.3 Å². The Kier molecular flexibility index (Phi) is 4.07. The number of carbonyl (C=O) groups is 1. The summed E-state index contributed by atoms with van der Waals surface area (Å²) in [5.41, 5.74) is 1.31. The van der Waals surface area contributed by atoms with Crippen LogP contribution >= 0.6 is 0 Å². The maximum absolute atomic E-state index is 11.9. The van der Waals surface area contributed by atoms with Gasteiger partial charge in [0, 0.05) is 23.6 Å². The summed E-state index contributed by atoms with van der Waals surface area (Å²) in [6.07, 6.45) is 2.51. The van der Waals surface area contributed by atoms with E-state index in [4.69, 9.17) is 4.74 Å². The van der Waals surface area contributed by atoms with E-state index in [0.29, 0.717) is 12.1 Å². The second-order valence-corrected chi connectivity index (χ2v) is 5.98. The molecule has 1 aliphatic heterocycles. The molecule has 0 aliphatic carbocycles. The minimum Gasteiger partial charge on any atom is -0.465 e. The van der Waals surface area contributed by atoms with Crippen molar-refractivity contribution in [2.24, 2.45) is 10.5 Å². The minimum atomic E-state index is -0.633. The molecule has 1 heterocycles. The Hall–Kier alpha value is -2.57. The van der Waals surface area contributed by atoms with Gasteiger partial charge in [0.1, 0.15) is 11.3 Å². The van der Waals surface area contributed by atoms with Crippen molar-refractivity contribution in [1.82, 2.24) is 0 Å². The van der Waals surface area contributed by atoms with Crippen molar-refractivity contribution in [1.29, 1.82) is 0 Å². The maximum atomic E-state index is 11.9. The first-order valence-corrected chi connectivity index (χ1v) is 6.81. The summed E-state index contributed by atoms with van der Waals surface area (Å²) in [5, 5.41) is 15.4.